The van der Waals surface area contributed by atoms with Gasteiger partial charge in [0.25, 0.3) is 0 Å². The number of hydrogen-bond donors (Lipinski definition) is 2. The topological polar surface area (TPSA) is 81.4 Å². The minimum absolute atomic E-state index is 0.0757. The molecule has 2 N–H and O–H groups in total. The molecule has 3 aromatic rings. The van der Waals surface area contributed by atoms with Crippen molar-refractivity contribution in [2.45, 2.75) is 12.5 Å². The average Bonchev–Trinajstić information content (AvgIpc) is 3.18. The lowest BCUT2D eigenvalue weighted by atomic mass is 9.99. The van der Waals surface area contributed by atoms with Gasteiger partial charge in [0.05, 0.1) is 20.3 Å². The van der Waals surface area contributed by atoms with Gasteiger partial charge in [0.15, 0.2) is 27.8 Å². The van der Waals surface area contributed by atoms with Crippen molar-refractivity contribution in [2.24, 2.45) is 0 Å². The lowest BCUT2D eigenvalue weighted by molar-refractivity contribution is 0.355. The van der Waals surface area contributed by atoms with Gasteiger partial charge in [0, 0.05) is 23.5 Å². The number of hydrogen-bond acceptors (Lipinski definition) is 6. The number of thiocarbonyl (C=S) groups is 1. The summed E-state index contributed by atoms with van der Waals surface area (Å²) in [7, 11) is 3.20. The molecule has 0 aliphatic heterocycles. The molecule has 7 nitrogen and oxygen atoms in total. The molecule has 1 unspecified atom stereocenters. The first-order valence-corrected chi connectivity index (χ1v) is 9.47. The monoisotopic (exact) mass is 408 g/mol. The normalized spacial score (nSPS) is 15.7. The Hall–Kier alpha value is -3.39. The number of aromatic nitrogens is 2. The van der Waals surface area contributed by atoms with E-state index in [2.05, 4.69) is 26.7 Å². The van der Waals surface area contributed by atoms with Crippen molar-refractivity contribution in [1.82, 2.24) is 15.3 Å². The highest BCUT2D eigenvalue weighted by atomic mass is 32.1. The van der Waals surface area contributed by atoms with E-state index in [1.165, 1.54) is 0 Å². The maximum atomic E-state index is 5.88. The molecule has 0 fully saturated rings. The van der Waals surface area contributed by atoms with E-state index in [4.69, 9.17) is 26.1 Å². The molecule has 2 heterocycles. The summed E-state index contributed by atoms with van der Waals surface area (Å²) in [6, 6.07) is 9.13. The van der Waals surface area contributed by atoms with Gasteiger partial charge in [-0.15, -0.1) is 0 Å². The third-order valence-electron chi connectivity index (χ3n) is 4.52. The third kappa shape index (κ3) is 4.07. The Morgan fingerprint density at radius 1 is 1.21 bits per heavy atom. The number of pyridine rings is 1. The summed E-state index contributed by atoms with van der Waals surface area (Å²) < 4.78 is 16.5. The highest BCUT2D eigenvalue weighted by molar-refractivity contribution is 7.80. The number of rotatable bonds is 5. The first-order chi connectivity index (χ1) is 14.2. The summed E-state index contributed by atoms with van der Waals surface area (Å²) in [4.78, 5) is 8.74. The quantitative estimate of drug-likeness (QED) is 0.615. The fraction of sp³-hybridized carbons (Fsp3) is 0.190. The number of ether oxygens (including phenoxy) is 2. The van der Waals surface area contributed by atoms with E-state index >= 15 is 0 Å². The van der Waals surface area contributed by atoms with Crippen LogP contribution in [0.15, 0.2) is 59.2 Å². The van der Waals surface area contributed by atoms with Gasteiger partial charge in [-0.25, -0.2) is 4.98 Å². The Balaban J connectivity index is 1.50. The number of oxazole rings is 1. The largest absolute Gasteiger partial charge is 0.493 e. The summed E-state index contributed by atoms with van der Waals surface area (Å²) in [5.41, 5.74) is 2.95. The molecular weight excluding hydrogens is 388 g/mol. The van der Waals surface area contributed by atoms with Crippen molar-refractivity contribution >= 4 is 39.8 Å². The van der Waals surface area contributed by atoms with Crippen molar-refractivity contribution < 1.29 is 13.9 Å². The predicted octanol–water partition coefficient (Wildman–Crippen LogP) is 3.94. The van der Waals surface area contributed by atoms with Crippen molar-refractivity contribution in [3.63, 3.8) is 0 Å². The SMILES string of the molecule is COc1ccc(NC(=S)NC2CC=CC=C2c2nc3ncccc3o2)cc1OC. The molecule has 1 aromatic carbocycles. The van der Waals surface area contributed by atoms with Crippen LogP contribution < -0.4 is 20.1 Å². The Morgan fingerprint density at radius 3 is 2.86 bits per heavy atom. The number of benzene rings is 1. The van der Waals surface area contributed by atoms with E-state index in [1.54, 1.807) is 20.4 Å². The number of anilines is 1. The van der Waals surface area contributed by atoms with Crippen molar-refractivity contribution in [3.05, 3.63) is 60.6 Å². The number of fused-ring (bicyclic) bond motifs is 1. The molecule has 8 heteroatoms. The van der Waals surface area contributed by atoms with E-state index in [1.807, 2.05) is 42.5 Å². The molecule has 0 bridgehead atoms. The first kappa shape index (κ1) is 18.9. The number of nitrogens with one attached hydrogen (secondary N) is 2. The number of allylic oxidation sites excluding steroid dienone is 2. The summed E-state index contributed by atoms with van der Waals surface area (Å²) in [5.74, 6) is 1.82. The van der Waals surface area contributed by atoms with E-state index in [9.17, 15) is 0 Å². The highest BCUT2D eigenvalue weighted by Gasteiger charge is 2.22. The molecule has 4 rings (SSSR count). The Kier molecular flexibility index (Phi) is 5.44. The van der Waals surface area contributed by atoms with E-state index in [-0.39, 0.29) is 6.04 Å². The average molecular weight is 408 g/mol. The maximum absolute atomic E-state index is 5.88. The Bertz CT molecular complexity index is 1070. The summed E-state index contributed by atoms with van der Waals surface area (Å²) >= 11 is 5.52. The zero-order valence-corrected chi connectivity index (χ0v) is 16.8. The van der Waals surface area contributed by atoms with Crippen LogP contribution in [0.1, 0.15) is 12.3 Å². The molecule has 1 aliphatic carbocycles. The first-order valence-electron chi connectivity index (χ1n) is 9.06. The summed E-state index contributed by atoms with van der Waals surface area (Å²) in [6.45, 7) is 0. The van der Waals surface area contributed by atoms with Gasteiger partial charge in [-0.1, -0.05) is 18.2 Å². The van der Waals surface area contributed by atoms with Gasteiger partial charge in [0.2, 0.25) is 5.89 Å². The molecule has 0 saturated carbocycles. The van der Waals surface area contributed by atoms with E-state index in [0.29, 0.717) is 33.7 Å². The van der Waals surface area contributed by atoms with Gasteiger partial charge in [0.1, 0.15) is 0 Å². The van der Waals surface area contributed by atoms with Crippen molar-refractivity contribution in [1.29, 1.82) is 0 Å². The van der Waals surface area contributed by atoms with E-state index in [0.717, 1.165) is 17.7 Å². The van der Waals surface area contributed by atoms with Crippen molar-refractivity contribution in [2.75, 3.05) is 19.5 Å². The zero-order valence-electron chi connectivity index (χ0n) is 16.0. The zero-order chi connectivity index (χ0) is 20.2. The fourth-order valence-corrected chi connectivity index (χ4v) is 3.38. The molecule has 1 aliphatic rings. The highest BCUT2D eigenvalue weighted by Crippen LogP contribution is 2.30. The Morgan fingerprint density at radius 2 is 2.07 bits per heavy atom. The second-order valence-electron chi connectivity index (χ2n) is 6.35. The number of nitrogens with zero attached hydrogens (tertiary/aromatic N) is 2. The van der Waals surface area contributed by atoms with E-state index < -0.39 is 0 Å². The molecule has 0 spiro atoms. The minimum Gasteiger partial charge on any atom is -0.493 e. The second-order valence-corrected chi connectivity index (χ2v) is 6.76. The molecule has 0 saturated heterocycles. The second kappa shape index (κ2) is 8.32. The van der Waals surface area contributed by atoms with Crippen LogP contribution in [0.2, 0.25) is 0 Å². The fourth-order valence-electron chi connectivity index (χ4n) is 3.12. The van der Waals surface area contributed by atoms with Crippen LogP contribution >= 0.6 is 12.2 Å². The lowest BCUT2D eigenvalue weighted by Crippen LogP contribution is -2.38. The molecule has 0 radical (unpaired) electrons. The molecule has 29 heavy (non-hydrogen) atoms. The van der Waals surface area contributed by atoms with Crippen LogP contribution in [0.5, 0.6) is 11.5 Å². The van der Waals surface area contributed by atoms with Gasteiger partial charge < -0.3 is 24.5 Å². The van der Waals surface area contributed by atoms with Crippen LogP contribution in [-0.2, 0) is 0 Å². The van der Waals surface area contributed by atoms with Crippen LogP contribution in [0.25, 0.3) is 16.8 Å². The minimum atomic E-state index is -0.0757. The molecule has 0 amide bonds. The predicted molar refractivity (Wildman–Crippen MR) is 116 cm³/mol. The van der Waals surface area contributed by atoms with Crippen LogP contribution in [-0.4, -0.2) is 35.3 Å². The summed E-state index contributed by atoms with van der Waals surface area (Å²) in [5, 5.41) is 7.00. The number of methoxy groups -OCH3 is 2. The van der Waals surface area contributed by atoms with Gasteiger partial charge in [-0.3, -0.25) is 0 Å². The van der Waals surface area contributed by atoms with Crippen LogP contribution in [0.4, 0.5) is 5.69 Å². The van der Waals surface area contributed by atoms with Crippen LogP contribution in [0, 0.1) is 0 Å². The molecular formula is C21H20N4O3S. The maximum Gasteiger partial charge on any atom is 0.226 e. The smallest absolute Gasteiger partial charge is 0.226 e. The third-order valence-corrected chi connectivity index (χ3v) is 4.74. The van der Waals surface area contributed by atoms with Crippen LogP contribution in [0.3, 0.4) is 0 Å². The molecule has 1 atom stereocenters. The van der Waals surface area contributed by atoms with Gasteiger partial charge >= 0.3 is 0 Å². The van der Waals surface area contributed by atoms with Gasteiger partial charge in [-0.2, -0.15) is 4.98 Å². The molecule has 2 aromatic heterocycles. The van der Waals surface area contributed by atoms with Gasteiger partial charge in [-0.05, 0) is 42.9 Å². The Labute approximate surface area is 173 Å². The molecule has 148 valence electrons. The lowest BCUT2D eigenvalue weighted by Gasteiger charge is -2.23. The standard InChI is InChI=1S/C21H20N4O3S/c1-26-16-10-9-13(12-18(16)27-2)23-21(29)24-15-7-4-3-6-14(15)20-25-19-17(28-20)8-5-11-22-19/h3-6,8-12,15H,7H2,1-2H3,(H2,23,24,29). The summed E-state index contributed by atoms with van der Waals surface area (Å²) in [6.07, 6.45) is 8.49. The van der Waals surface area contributed by atoms with Crippen molar-refractivity contribution in [3.8, 4) is 11.5 Å².